The number of aliphatic imine (C=N–C) groups is 1. The number of rotatable bonds is 5. The van der Waals surface area contributed by atoms with Gasteiger partial charge < -0.3 is 20.3 Å². The molecule has 3 rings (SSSR count). The highest BCUT2D eigenvalue weighted by Crippen LogP contribution is 2.11. The first-order valence-electron chi connectivity index (χ1n) is 9.30. The van der Waals surface area contributed by atoms with Crippen LogP contribution in [0.2, 0.25) is 0 Å². The van der Waals surface area contributed by atoms with Gasteiger partial charge >= 0.3 is 6.09 Å². The van der Waals surface area contributed by atoms with Gasteiger partial charge in [0.25, 0.3) is 0 Å². The van der Waals surface area contributed by atoms with Crippen molar-refractivity contribution in [2.45, 2.75) is 31.7 Å². The highest BCUT2D eigenvalue weighted by atomic mass is 127. The average molecular weight is 501 g/mol. The van der Waals surface area contributed by atoms with Crippen LogP contribution in [0.15, 0.2) is 29.4 Å². The summed E-state index contributed by atoms with van der Waals surface area (Å²) >= 11 is 0. The molecule has 9 nitrogen and oxygen atoms in total. The molecule has 0 aromatic carbocycles. The lowest BCUT2D eigenvalue weighted by molar-refractivity contribution is 0.111. The standard InChI is InChI=1S/C18H27N7O2.HI/c1-19-17(21-14-8-12-24(13-9-14)18(26)27-2)20-10-5-7-16-23-22-15-6-3-4-11-25(15)16;/h3-4,6,11,14H,5,7-10,12-13H2,1-2H3,(H2,19,20,21);1H. The molecule has 3 heterocycles. The minimum atomic E-state index is -0.253. The van der Waals surface area contributed by atoms with E-state index in [9.17, 15) is 4.79 Å². The molecule has 1 saturated heterocycles. The molecule has 28 heavy (non-hydrogen) atoms. The molecule has 154 valence electrons. The van der Waals surface area contributed by atoms with Crippen molar-refractivity contribution in [1.29, 1.82) is 0 Å². The zero-order chi connectivity index (χ0) is 19.1. The first-order valence-corrected chi connectivity index (χ1v) is 9.30. The highest BCUT2D eigenvalue weighted by molar-refractivity contribution is 14.0. The molecule has 10 heteroatoms. The van der Waals surface area contributed by atoms with Gasteiger partial charge in [-0.3, -0.25) is 9.39 Å². The van der Waals surface area contributed by atoms with E-state index in [1.807, 2.05) is 28.8 Å². The van der Waals surface area contributed by atoms with Gasteiger partial charge in [-0.15, -0.1) is 34.2 Å². The predicted molar refractivity (Wildman–Crippen MR) is 118 cm³/mol. The normalized spacial score (nSPS) is 15.2. The van der Waals surface area contributed by atoms with Crippen molar-refractivity contribution < 1.29 is 9.53 Å². The third-order valence-corrected chi connectivity index (χ3v) is 4.75. The molecule has 1 amide bonds. The summed E-state index contributed by atoms with van der Waals surface area (Å²) in [5, 5.41) is 15.2. The molecular formula is C18H28IN7O2. The molecule has 2 aromatic rings. The third-order valence-electron chi connectivity index (χ3n) is 4.75. The lowest BCUT2D eigenvalue weighted by atomic mass is 10.1. The molecule has 0 radical (unpaired) electrons. The maximum atomic E-state index is 11.5. The van der Waals surface area contributed by atoms with Gasteiger partial charge in [-0.2, -0.15) is 0 Å². The van der Waals surface area contributed by atoms with Gasteiger partial charge in [0.1, 0.15) is 5.82 Å². The van der Waals surface area contributed by atoms with E-state index in [1.165, 1.54) is 7.11 Å². The summed E-state index contributed by atoms with van der Waals surface area (Å²) in [5.41, 5.74) is 0.872. The molecule has 0 aliphatic carbocycles. The van der Waals surface area contributed by atoms with E-state index < -0.39 is 0 Å². The summed E-state index contributed by atoms with van der Waals surface area (Å²) in [6.45, 7) is 2.19. The first kappa shape index (κ1) is 22.2. The van der Waals surface area contributed by atoms with Crippen LogP contribution in [0.5, 0.6) is 0 Å². The van der Waals surface area contributed by atoms with Crippen molar-refractivity contribution >= 4 is 41.7 Å². The molecule has 0 saturated carbocycles. The second kappa shape index (κ2) is 11.0. The number of likely N-dealkylation sites (tertiary alicyclic amines) is 1. The minimum absolute atomic E-state index is 0. The lowest BCUT2D eigenvalue weighted by Gasteiger charge is -2.32. The largest absolute Gasteiger partial charge is 0.453 e. The van der Waals surface area contributed by atoms with E-state index in [0.717, 1.165) is 49.7 Å². The number of pyridine rings is 1. The summed E-state index contributed by atoms with van der Waals surface area (Å²) in [6, 6.07) is 6.19. The number of nitrogens with one attached hydrogen (secondary N) is 2. The maximum Gasteiger partial charge on any atom is 0.409 e. The Balaban J connectivity index is 0.00000280. The second-order valence-corrected chi connectivity index (χ2v) is 6.52. The second-order valence-electron chi connectivity index (χ2n) is 6.52. The first-order chi connectivity index (χ1) is 13.2. The van der Waals surface area contributed by atoms with E-state index in [1.54, 1.807) is 11.9 Å². The van der Waals surface area contributed by atoms with Crippen LogP contribution in [0.25, 0.3) is 5.65 Å². The summed E-state index contributed by atoms with van der Waals surface area (Å²) in [4.78, 5) is 17.6. The number of methoxy groups -OCH3 is 1. The Hall–Kier alpha value is -2.11. The van der Waals surface area contributed by atoms with E-state index in [4.69, 9.17) is 4.74 Å². The van der Waals surface area contributed by atoms with Gasteiger partial charge in [0.05, 0.1) is 7.11 Å². The van der Waals surface area contributed by atoms with Gasteiger partial charge in [-0.1, -0.05) is 6.07 Å². The number of hydrogen-bond acceptors (Lipinski definition) is 5. The monoisotopic (exact) mass is 501 g/mol. The third kappa shape index (κ3) is 5.69. The van der Waals surface area contributed by atoms with Crippen molar-refractivity contribution in [2.24, 2.45) is 4.99 Å². The van der Waals surface area contributed by atoms with Crippen LogP contribution >= 0.6 is 24.0 Å². The number of amides is 1. The molecular weight excluding hydrogens is 473 g/mol. The number of carbonyl (C=O) groups excluding carboxylic acids is 1. The number of carbonyl (C=O) groups is 1. The van der Waals surface area contributed by atoms with Crippen LogP contribution in [-0.2, 0) is 11.2 Å². The van der Waals surface area contributed by atoms with E-state index in [0.29, 0.717) is 19.1 Å². The smallest absolute Gasteiger partial charge is 0.409 e. The zero-order valence-corrected chi connectivity index (χ0v) is 18.6. The number of hydrogen-bond donors (Lipinski definition) is 2. The van der Waals surface area contributed by atoms with Crippen LogP contribution in [0.4, 0.5) is 4.79 Å². The molecule has 0 bridgehead atoms. The number of aryl methyl sites for hydroxylation is 1. The van der Waals surface area contributed by atoms with Crippen molar-refractivity contribution in [3.05, 3.63) is 30.2 Å². The van der Waals surface area contributed by atoms with Crippen molar-refractivity contribution in [3.63, 3.8) is 0 Å². The molecule has 1 aliphatic rings. The van der Waals surface area contributed by atoms with Gasteiger partial charge in [0, 0.05) is 45.3 Å². The molecule has 0 spiro atoms. The maximum absolute atomic E-state index is 11.5. The SMILES string of the molecule is CN=C(NCCCc1nnc2ccccn12)NC1CCN(C(=O)OC)CC1.I. The van der Waals surface area contributed by atoms with Crippen LogP contribution in [0.1, 0.15) is 25.1 Å². The molecule has 0 atom stereocenters. The van der Waals surface area contributed by atoms with Crippen LogP contribution < -0.4 is 10.6 Å². The van der Waals surface area contributed by atoms with Crippen LogP contribution in [0.3, 0.4) is 0 Å². The zero-order valence-electron chi connectivity index (χ0n) is 16.3. The Bertz CT molecular complexity index is 787. The van der Waals surface area contributed by atoms with Gasteiger partial charge in [0.15, 0.2) is 11.6 Å². The Morgan fingerprint density at radius 2 is 2.11 bits per heavy atom. The summed E-state index contributed by atoms with van der Waals surface area (Å²) in [5.74, 6) is 1.75. The Morgan fingerprint density at radius 1 is 1.32 bits per heavy atom. The number of ether oxygens (including phenoxy) is 1. The number of piperidine rings is 1. The van der Waals surface area contributed by atoms with Crippen LogP contribution in [0, 0.1) is 0 Å². The molecule has 2 N–H and O–H groups in total. The van der Waals surface area contributed by atoms with Gasteiger partial charge in [-0.05, 0) is 31.4 Å². The minimum Gasteiger partial charge on any atom is -0.453 e. The van der Waals surface area contributed by atoms with Gasteiger partial charge in [0.2, 0.25) is 0 Å². The van der Waals surface area contributed by atoms with E-state index in [2.05, 4.69) is 25.8 Å². The van der Waals surface area contributed by atoms with Crippen molar-refractivity contribution in [1.82, 2.24) is 30.1 Å². The highest BCUT2D eigenvalue weighted by Gasteiger charge is 2.23. The Morgan fingerprint density at radius 3 is 2.82 bits per heavy atom. The predicted octanol–water partition coefficient (Wildman–Crippen LogP) is 1.68. The number of guanidine groups is 1. The molecule has 1 fully saturated rings. The quantitative estimate of drug-likeness (QED) is 0.280. The number of halogens is 1. The molecule has 1 aliphatic heterocycles. The summed E-state index contributed by atoms with van der Waals surface area (Å²) < 4.78 is 6.79. The van der Waals surface area contributed by atoms with Crippen LogP contribution in [-0.4, -0.2) is 71.4 Å². The lowest BCUT2D eigenvalue weighted by Crippen LogP contribution is -2.49. The van der Waals surface area contributed by atoms with Gasteiger partial charge in [-0.25, -0.2) is 4.79 Å². The summed E-state index contributed by atoms with van der Waals surface area (Å²) in [7, 11) is 3.19. The number of nitrogens with zero attached hydrogens (tertiary/aromatic N) is 5. The van der Waals surface area contributed by atoms with E-state index >= 15 is 0 Å². The fourth-order valence-electron chi connectivity index (χ4n) is 3.24. The number of aromatic nitrogens is 3. The summed E-state index contributed by atoms with van der Waals surface area (Å²) in [6.07, 6.45) is 5.25. The Labute approximate surface area is 182 Å². The fourth-order valence-corrected chi connectivity index (χ4v) is 3.24. The van der Waals surface area contributed by atoms with Crippen molar-refractivity contribution in [2.75, 3.05) is 33.8 Å². The fraction of sp³-hybridized carbons (Fsp3) is 0.556. The number of fused-ring (bicyclic) bond motifs is 1. The van der Waals surface area contributed by atoms with Crippen molar-refractivity contribution in [3.8, 4) is 0 Å². The average Bonchev–Trinajstić information content (AvgIpc) is 3.13. The molecule has 0 unspecified atom stereocenters. The topological polar surface area (TPSA) is 96.1 Å². The Kier molecular flexibility index (Phi) is 8.74. The molecule has 2 aromatic heterocycles. The van der Waals surface area contributed by atoms with E-state index in [-0.39, 0.29) is 30.1 Å².